The molecule has 0 aliphatic rings. The molecule has 140 valence electrons. The number of aryl methyl sites for hydroxylation is 2. The van der Waals surface area contributed by atoms with Gasteiger partial charge in [0.2, 0.25) is 4.80 Å². The summed E-state index contributed by atoms with van der Waals surface area (Å²) < 4.78 is 7.20. The van der Waals surface area contributed by atoms with Crippen LogP contribution >= 0.6 is 11.3 Å². The minimum atomic E-state index is 0.128. The number of rotatable bonds is 5. The zero-order valence-electron chi connectivity index (χ0n) is 15.9. The Morgan fingerprint density at radius 2 is 1.96 bits per heavy atom. The molecule has 3 rings (SSSR count). The SMILES string of the molecule is CCOc1ccc(C=Nn2c(-c3ccc(C)c(C)c3)csc2=NC)c(O)c1. The van der Waals surface area contributed by atoms with Crippen molar-refractivity contribution in [2.24, 2.45) is 10.1 Å². The molecule has 27 heavy (non-hydrogen) atoms. The third-order valence-corrected chi connectivity index (χ3v) is 5.21. The van der Waals surface area contributed by atoms with Crippen LogP contribution in [0.2, 0.25) is 0 Å². The minimum absolute atomic E-state index is 0.128. The Labute approximate surface area is 162 Å². The average molecular weight is 382 g/mol. The fourth-order valence-electron chi connectivity index (χ4n) is 2.67. The molecule has 3 aromatic rings. The van der Waals surface area contributed by atoms with Gasteiger partial charge in [0.25, 0.3) is 0 Å². The van der Waals surface area contributed by atoms with Crippen molar-refractivity contribution >= 4 is 17.6 Å². The number of thiazole rings is 1. The van der Waals surface area contributed by atoms with Crippen molar-refractivity contribution in [3.8, 4) is 22.8 Å². The molecule has 1 aromatic heterocycles. The summed E-state index contributed by atoms with van der Waals surface area (Å²) in [5.74, 6) is 0.763. The number of benzene rings is 2. The van der Waals surface area contributed by atoms with E-state index in [0.717, 1.165) is 16.1 Å². The van der Waals surface area contributed by atoms with Gasteiger partial charge in [0, 0.05) is 29.6 Å². The summed E-state index contributed by atoms with van der Waals surface area (Å²) >= 11 is 1.53. The first kappa shape index (κ1) is 18.9. The molecule has 0 amide bonds. The molecule has 0 radical (unpaired) electrons. The number of phenolic OH excluding ortho intramolecular Hbond substituents is 1. The lowest BCUT2D eigenvalue weighted by Gasteiger charge is -2.07. The molecule has 5 nitrogen and oxygen atoms in total. The summed E-state index contributed by atoms with van der Waals surface area (Å²) in [7, 11) is 1.75. The van der Waals surface area contributed by atoms with Crippen molar-refractivity contribution in [3.05, 3.63) is 63.3 Å². The molecule has 0 spiro atoms. The zero-order valence-corrected chi connectivity index (χ0v) is 16.7. The smallest absolute Gasteiger partial charge is 0.205 e. The van der Waals surface area contributed by atoms with E-state index >= 15 is 0 Å². The molecule has 0 saturated carbocycles. The minimum Gasteiger partial charge on any atom is -0.507 e. The van der Waals surface area contributed by atoms with E-state index in [-0.39, 0.29) is 5.75 Å². The van der Waals surface area contributed by atoms with Crippen LogP contribution in [0.3, 0.4) is 0 Å². The van der Waals surface area contributed by atoms with E-state index in [1.54, 1.807) is 30.1 Å². The number of nitrogens with zero attached hydrogens (tertiary/aromatic N) is 3. The average Bonchev–Trinajstić information content (AvgIpc) is 3.06. The quantitative estimate of drug-likeness (QED) is 0.668. The van der Waals surface area contributed by atoms with Gasteiger partial charge in [0.05, 0.1) is 18.5 Å². The maximum atomic E-state index is 10.2. The van der Waals surface area contributed by atoms with Gasteiger partial charge in [-0.2, -0.15) is 5.10 Å². The summed E-state index contributed by atoms with van der Waals surface area (Å²) in [6, 6.07) is 11.5. The van der Waals surface area contributed by atoms with Gasteiger partial charge in [-0.15, -0.1) is 11.3 Å². The van der Waals surface area contributed by atoms with Crippen molar-refractivity contribution < 1.29 is 9.84 Å². The third-order valence-electron chi connectivity index (χ3n) is 4.30. The Hall–Kier alpha value is -2.86. The second kappa shape index (κ2) is 8.22. The van der Waals surface area contributed by atoms with E-state index in [4.69, 9.17) is 4.74 Å². The van der Waals surface area contributed by atoms with Gasteiger partial charge in [0.1, 0.15) is 11.5 Å². The predicted octanol–water partition coefficient (Wildman–Crippen LogP) is 4.35. The highest BCUT2D eigenvalue weighted by atomic mass is 32.1. The van der Waals surface area contributed by atoms with Crippen LogP contribution in [-0.2, 0) is 0 Å². The summed E-state index contributed by atoms with van der Waals surface area (Å²) in [5.41, 5.74) is 5.14. The molecular weight excluding hydrogens is 358 g/mol. The first-order valence-electron chi connectivity index (χ1n) is 8.74. The normalized spacial score (nSPS) is 12.1. The van der Waals surface area contributed by atoms with E-state index < -0.39 is 0 Å². The van der Waals surface area contributed by atoms with Crippen LogP contribution in [0.1, 0.15) is 23.6 Å². The fourth-order valence-corrected chi connectivity index (χ4v) is 3.47. The van der Waals surface area contributed by atoms with E-state index in [9.17, 15) is 5.11 Å². The monoisotopic (exact) mass is 381 g/mol. The van der Waals surface area contributed by atoms with Crippen molar-refractivity contribution in [1.29, 1.82) is 0 Å². The number of aromatic hydroxyl groups is 1. The molecule has 1 heterocycles. The van der Waals surface area contributed by atoms with Crippen molar-refractivity contribution in [1.82, 2.24) is 4.68 Å². The van der Waals surface area contributed by atoms with Gasteiger partial charge in [-0.1, -0.05) is 12.1 Å². The topological polar surface area (TPSA) is 59.1 Å². The summed E-state index contributed by atoms with van der Waals surface area (Å²) in [6.07, 6.45) is 1.64. The summed E-state index contributed by atoms with van der Waals surface area (Å²) in [4.78, 5) is 5.10. The number of phenols is 1. The van der Waals surface area contributed by atoms with E-state index in [1.165, 1.54) is 22.5 Å². The first-order valence-corrected chi connectivity index (χ1v) is 9.62. The molecule has 0 aliphatic carbocycles. The number of aromatic nitrogens is 1. The Morgan fingerprint density at radius 1 is 1.15 bits per heavy atom. The van der Waals surface area contributed by atoms with Crippen LogP contribution in [0.5, 0.6) is 11.5 Å². The Morgan fingerprint density at radius 3 is 2.63 bits per heavy atom. The van der Waals surface area contributed by atoms with Crippen LogP contribution in [0.4, 0.5) is 0 Å². The van der Waals surface area contributed by atoms with E-state index in [0.29, 0.717) is 17.9 Å². The molecule has 2 aromatic carbocycles. The van der Waals surface area contributed by atoms with Gasteiger partial charge in [-0.3, -0.25) is 4.99 Å². The first-order chi connectivity index (χ1) is 13.0. The summed E-state index contributed by atoms with van der Waals surface area (Å²) in [6.45, 7) is 6.66. The van der Waals surface area contributed by atoms with E-state index in [1.807, 2.05) is 18.4 Å². The van der Waals surface area contributed by atoms with Gasteiger partial charge < -0.3 is 9.84 Å². The highest BCUT2D eigenvalue weighted by Gasteiger charge is 2.09. The molecule has 0 aliphatic heterocycles. The van der Waals surface area contributed by atoms with Crippen molar-refractivity contribution in [2.75, 3.05) is 13.7 Å². The lowest BCUT2D eigenvalue weighted by atomic mass is 10.1. The van der Waals surface area contributed by atoms with Crippen LogP contribution < -0.4 is 9.54 Å². The standard InChI is InChI=1S/C21H23N3O2S/c1-5-26-18-9-8-17(20(25)11-18)12-23-24-19(13-27-21(24)22-4)16-7-6-14(2)15(3)10-16/h6-13,25H,5H2,1-4H3. The molecule has 0 atom stereocenters. The molecule has 1 N–H and O–H groups in total. The summed E-state index contributed by atoms with van der Waals surface area (Å²) in [5, 5.41) is 16.8. The Kier molecular flexibility index (Phi) is 5.76. The highest BCUT2D eigenvalue weighted by Crippen LogP contribution is 2.24. The molecular formula is C21H23N3O2S. The second-order valence-electron chi connectivity index (χ2n) is 6.14. The molecule has 0 bridgehead atoms. The van der Waals surface area contributed by atoms with Crippen LogP contribution in [0.15, 0.2) is 51.9 Å². The van der Waals surface area contributed by atoms with Gasteiger partial charge in [0.15, 0.2) is 0 Å². The highest BCUT2D eigenvalue weighted by molar-refractivity contribution is 7.07. The Balaban J connectivity index is 2.01. The fraction of sp³-hybridized carbons (Fsp3) is 0.238. The van der Waals surface area contributed by atoms with Gasteiger partial charge in [-0.05, 0) is 50.1 Å². The maximum Gasteiger partial charge on any atom is 0.205 e. The van der Waals surface area contributed by atoms with Crippen molar-refractivity contribution in [2.45, 2.75) is 20.8 Å². The number of hydrogen-bond acceptors (Lipinski definition) is 5. The van der Waals surface area contributed by atoms with Crippen LogP contribution in [0, 0.1) is 13.8 Å². The number of hydrogen-bond donors (Lipinski definition) is 1. The van der Waals surface area contributed by atoms with Gasteiger partial charge >= 0.3 is 0 Å². The van der Waals surface area contributed by atoms with E-state index in [2.05, 4.69) is 42.1 Å². The number of ether oxygens (including phenoxy) is 1. The van der Waals surface area contributed by atoms with Crippen LogP contribution in [0.25, 0.3) is 11.3 Å². The van der Waals surface area contributed by atoms with Gasteiger partial charge in [-0.25, -0.2) is 4.68 Å². The molecule has 6 heteroatoms. The molecule has 0 fully saturated rings. The molecule has 0 saturated heterocycles. The second-order valence-corrected chi connectivity index (χ2v) is 6.97. The van der Waals surface area contributed by atoms with Crippen molar-refractivity contribution in [3.63, 3.8) is 0 Å². The predicted molar refractivity (Wildman–Crippen MR) is 111 cm³/mol. The maximum absolute atomic E-state index is 10.2. The lowest BCUT2D eigenvalue weighted by Crippen LogP contribution is -2.11. The molecule has 0 unspecified atom stereocenters. The third kappa shape index (κ3) is 4.11. The largest absolute Gasteiger partial charge is 0.507 e. The van der Waals surface area contributed by atoms with Crippen LogP contribution in [-0.4, -0.2) is 29.7 Å². The lowest BCUT2D eigenvalue weighted by molar-refractivity contribution is 0.337. The Bertz CT molecular complexity index is 1050. The zero-order chi connectivity index (χ0) is 19.4.